The number of ether oxygens (including phenoxy) is 1. The van der Waals surface area contributed by atoms with Crippen molar-refractivity contribution in [1.29, 1.82) is 0 Å². The minimum absolute atomic E-state index is 0.0669. The second kappa shape index (κ2) is 10.5. The maximum absolute atomic E-state index is 12.5. The quantitative estimate of drug-likeness (QED) is 0.490. The van der Waals surface area contributed by atoms with Gasteiger partial charge in [0.15, 0.2) is 0 Å². The van der Waals surface area contributed by atoms with Gasteiger partial charge >= 0.3 is 6.03 Å². The highest BCUT2D eigenvalue weighted by Gasteiger charge is 2.42. The van der Waals surface area contributed by atoms with Crippen molar-refractivity contribution < 1.29 is 9.53 Å². The zero-order valence-corrected chi connectivity index (χ0v) is 21.0. The number of halogens is 1. The summed E-state index contributed by atoms with van der Waals surface area (Å²) in [5, 5.41) is 3.71. The van der Waals surface area contributed by atoms with Crippen LogP contribution in [0.15, 0.2) is 53.7 Å². The third kappa shape index (κ3) is 5.27. The van der Waals surface area contributed by atoms with Crippen LogP contribution in [0.4, 0.5) is 4.79 Å². The third-order valence-corrected chi connectivity index (χ3v) is 7.19. The van der Waals surface area contributed by atoms with Crippen molar-refractivity contribution in [3.63, 3.8) is 0 Å². The second-order valence-corrected chi connectivity index (χ2v) is 10.0. The largest absolute Gasteiger partial charge is 0.370 e. The van der Waals surface area contributed by atoms with E-state index in [-0.39, 0.29) is 24.1 Å². The summed E-state index contributed by atoms with van der Waals surface area (Å²) >= 11 is 6.12. The molecule has 35 heavy (non-hydrogen) atoms. The van der Waals surface area contributed by atoms with Gasteiger partial charge in [0.2, 0.25) is 0 Å². The average Bonchev–Trinajstić information content (AvgIpc) is 3.52. The molecule has 5 rings (SSSR count). The first kappa shape index (κ1) is 24.0. The number of imidazole rings is 1. The normalized spacial score (nSPS) is 22.1. The van der Waals surface area contributed by atoms with Gasteiger partial charge in [0.1, 0.15) is 5.65 Å². The predicted octanol–water partition coefficient (Wildman–Crippen LogP) is 5.21. The Bertz CT molecular complexity index is 1220. The van der Waals surface area contributed by atoms with Crippen LogP contribution in [0.1, 0.15) is 38.8 Å². The van der Waals surface area contributed by atoms with Crippen molar-refractivity contribution in [3.05, 3.63) is 59.4 Å². The van der Waals surface area contributed by atoms with Crippen LogP contribution in [0.2, 0.25) is 5.02 Å². The highest BCUT2D eigenvalue weighted by molar-refractivity contribution is 6.30. The molecule has 7 nitrogen and oxygen atoms in total. The molecule has 2 fully saturated rings. The van der Waals surface area contributed by atoms with Crippen LogP contribution < -0.4 is 5.32 Å². The number of amides is 2. The number of urea groups is 1. The minimum atomic E-state index is -0.252. The van der Waals surface area contributed by atoms with Gasteiger partial charge in [-0.25, -0.2) is 14.8 Å². The van der Waals surface area contributed by atoms with Gasteiger partial charge in [0.25, 0.3) is 0 Å². The first-order chi connectivity index (χ1) is 17.0. The number of hydrogen-bond donors (Lipinski definition) is 1. The molecule has 3 atom stereocenters. The van der Waals surface area contributed by atoms with Crippen LogP contribution in [-0.2, 0) is 11.3 Å². The van der Waals surface area contributed by atoms with E-state index in [1.807, 2.05) is 49.4 Å². The van der Waals surface area contributed by atoms with Crippen LogP contribution in [0.5, 0.6) is 0 Å². The zero-order valence-electron chi connectivity index (χ0n) is 20.3. The Kier molecular flexibility index (Phi) is 7.18. The molecule has 1 N–H and O–H groups in total. The number of fused-ring (bicyclic) bond motifs is 2. The van der Waals surface area contributed by atoms with Gasteiger partial charge in [-0.05, 0) is 37.6 Å². The Labute approximate surface area is 211 Å². The van der Waals surface area contributed by atoms with E-state index in [2.05, 4.69) is 32.7 Å². The van der Waals surface area contributed by atoms with Gasteiger partial charge < -0.3 is 14.5 Å². The van der Waals surface area contributed by atoms with Crippen molar-refractivity contribution in [2.24, 2.45) is 10.9 Å². The van der Waals surface area contributed by atoms with E-state index in [0.717, 1.165) is 67.2 Å². The Morgan fingerprint density at radius 2 is 2.09 bits per heavy atom. The van der Waals surface area contributed by atoms with Gasteiger partial charge in [0, 0.05) is 48.4 Å². The van der Waals surface area contributed by atoms with Gasteiger partial charge in [0.05, 0.1) is 29.8 Å². The molecule has 0 bridgehead atoms. The molecule has 1 aromatic carbocycles. The summed E-state index contributed by atoms with van der Waals surface area (Å²) in [6, 6.07) is 13.8. The number of hydrogen-bond acceptors (Lipinski definition) is 4. The number of rotatable bonds is 7. The van der Waals surface area contributed by atoms with E-state index in [9.17, 15) is 4.79 Å². The maximum atomic E-state index is 12.5. The summed E-state index contributed by atoms with van der Waals surface area (Å²) in [5.41, 5.74) is 4.90. The maximum Gasteiger partial charge on any atom is 0.341 e. The second-order valence-electron chi connectivity index (χ2n) is 9.59. The molecular formula is C27H32ClN5O2. The molecule has 2 aromatic heterocycles. The van der Waals surface area contributed by atoms with Crippen molar-refractivity contribution in [2.75, 3.05) is 19.7 Å². The average molecular weight is 494 g/mol. The molecule has 0 aliphatic carbocycles. The molecular weight excluding hydrogens is 462 g/mol. The number of aromatic nitrogens is 2. The number of nitrogens with one attached hydrogen (secondary N) is 1. The van der Waals surface area contributed by atoms with Crippen LogP contribution in [-0.4, -0.2) is 57.9 Å². The van der Waals surface area contributed by atoms with Gasteiger partial charge in [-0.15, -0.1) is 0 Å². The standard InChI is InChI=1S/C27H32ClN5O2/c1-3-4-7-18(2)29-27(34)30-22-17-35-24-16-32(14-21(22)24)15-23-26(19-9-11-20(28)12-10-19)31-25-8-5-6-13-33(23)25/h5-6,8-13,18,21,24H,3-4,7,14-17H2,1-2H3,(H,29,34). The summed E-state index contributed by atoms with van der Waals surface area (Å²) < 4.78 is 8.19. The lowest BCUT2D eigenvalue weighted by Crippen LogP contribution is -2.32. The molecule has 0 radical (unpaired) electrons. The number of nitrogens with zero attached hydrogens (tertiary/aromatic N) is 4. The molecule has 4 heterocycles. The fourth-order valence-electron chi connectivity index (χ4n) is 5.09. The molecule has 2 saturated heterocycles. The van der Waals surface area contributed by atoms with E-state index in [4.69, 9.17) is 21.3 Å². The van der Waals surface area contributed by atoms with Crippen molar-refractivity contribution in [2.45, 2.75) is 51.8 Å². The topological polar surface area (TPSA) is 71.2 Å². The zero-order chi connectivity index (χ0) is 24.4. The van der Waals surface area contributed by atoms with Crippen LogP contribution in [0.3, 0.4) is 0 Å². The lowest BCUT2D eigenvalue weighted by Gasteiger charge is -2.18. The lowest BCUT2D eigenvalue weighted by atomic mass is 10.0. The molecule has 0 saturated carbocycles. The van der Waals surface area contributed by atoms with Crippen LogP contribution >= 0.6 is 11.6 Å². The van der Waals surface area contributed by atoms with Crippen molar-refractivity contribution in [3.8, 4) is 11.3 Å². The van der Waals surface area contributed by atoms with E-state index in [0.29, 0.717) is 11.6 Å². The predicted molar refractivity (Wildman–Crippen MR) is 139 cm³/mol. The number of carbonyl (C=O) groups excluding carboxylic acids is 1. The number of carbonyl (C=O) groups is 1. The van der Waals surface area contributed by atoms with E-state index < -0.39 is 0 Å². The smallest absolute Gasteiger partial charge is 0.341 e. The molecule has 0 spiro atoms. The fraction of sp³-hybridized carbons (Fsp3) is 0.444. The van der Waals surface area contributed by atoms with Gasteiger partial charge in [-0.1, -0.05) is 49.6 Å². The first-order valence-electron chi connectivity index (χ1n) is 12.5. The molecule has 184 valence electrons. The minimum Gasteiger partial charge on any atom is -0.370 e. The highest BCUT2D eigenvalue weighted by atomic mass is 35.5. The molecule has 2 amide bonds. The monoisotopic (exact) mass is 493 g/mol. The fourth-order valence-corrected chi connectivity index (χ4v) is 5.21. The number of unbranched alkanes of at least 4 members (excludes halogenated alkanes) is 1. The SMILES string of the molecule is CCCCC(C)NC(=O)N=C1COC2CN(Cc3c(-c4ccc(Cl)cc4)nc4ccccn34)CC12. The number of benzene rings is 1. The Morgan fingerprint density at radius 1 is 1.26 bits per heavy atom. The van der Waals surface area contributed by atoms with Gasteiger partial charge in [-0.3, -0.25) is 4.90 Å². The summed E-state index contributed by atoms with van der Waals surface area (Å²) in [5.74, 6) is 0.143. The van der Waals surface area contributed by atoms with E-state index in [1.54, 1.807) is 0 Å². The summed E-state index contributed by atoms with van der Waals surface area (Å²) in [6.45, 7) is 6.97. The molecule has 8 heteroatoms. The summed E-state index contributed by atoms with van der Waals surface area (Å²) in [7, 11) is 0. The third-order valence-electron chi connectivity index (χ3n) is 6.94. The van der Waals surface area contributed by atoms with Crippen LogP contribution in [0.25, 0.3) is 16.9 Å². The Morgan fingerprint density at radius 3 is 2.89 bits per heavy atom. The highest BCUT2D eigenvalue weighted by Crippen LogP contribution is 2.32. The molecule has 3 aromatic rings. The van der Waals surface area contributed by atoms with E-state index in [1.165, 1.54) is 0 Å². The Balaban J connectivity index is 1.32. The van der Waals surface area contributed by atoms with Crippen molar-refractivity contribution in [1.82, 2.24) is 19.6 Å². The van der Waals surface area contributed by atoms with Crippen molar-refractivity contribution >= 4 is 29.0 Å². The van der Waals surface area contributed by atoms with Crippen LogP contribution in [0, 0.1) is 5.92 Å². The first-order valence-corrected chi connectivity index (χ1v) is 12.8. The molecule has 2 aliphatic rings. The Hall–Kier alpha value is -2.74. The summed E-state index contributed by atoms with van der Waals surface area (Å²) in [4.78, 5) is 24.2. The van der Waals surface area contributed by atoms with E-state index >= 15 is 0 Å². The summed E-state index contributed by atoms with van der Waals surface area (Å²) in [6.07, 6.45) is 5.31. The lowest BCUT2D eigenvalue weighted by molar-refractivity contribution is 0.102. The number of aliphatic imine (C=N–C) groups is 1. The number of likely N-dealkylation sites (tertiary alicyclic amines) is 1. The number of pyridine rings is 1. The molecule has 3 unspecified atom stereocenters. The molecule has 2 aliphatic heterocycles. The van der Waals surface area contributed by atoms with Gasteiger partial charge in [-0.2, -0.15) is 0 Å².